The van der Waals surface area contributed by atoms with Gasteiger partial charge in [-0.15, -0.1) is 10.2 Å². The third-order valence-corrected chi connectivity index (χ3v) is 3.60. The van der Waals surface area contributed by atoms with Crippen LogP contribution in [0.4, 0.5) is 5.13 Å². The number of amides is 1. The van der Waals surface area contributed by atoms with E-state index in [1.807, 2.05) is 0 Å². The third kappa shape index (κ3) is 2.58. The van der Waals surface area contributed by atoms with Gasteiger partial charge in [0.2, 0.25) is 5.13 Å². The second-order valence-corrected chi connectivity index (χ2v) is 4.92. The third-order valence-electron chi connectivity index (χ3n) is 1.76. The average molecular weight is 319 g/mol. The molecule has 0 saturated carbocycles. The molecule has 1 aromatic carbocycles. The lowest BCUT2D eigenvalue weighted by Gasteiger charge is -2.02. The Labute approximate surface area is 109 Å². The summed E-state index contributed by atoms with van der Waals surface area (Å²) in [6.45, 7) is 0. The molecule has 82 valence electrons. The molecule has 1 heterocycles. The summed E-state index contributed by atoms with van der Waals surface area (Å²) in [6.07, 6.45) is 0. The number of hydrogen-bond donors (Lipinski definition) is 1. The predicted octanol–water partition coefficient (Wildman–Crippen LogP) is 3.21. The topological polar surface area (TPSA) is 54.9 Å². The second kappa shape index (κ2) is 4.90. The monoisotopic (exact) mass is 317 g/mol. The number of nitrogens with zero attached hydrogens (tertiary/aromatic N) is 2. The highest BCUT2D eigenvalue weighted by Gasteiger charge is 2.09. The quantitative estimate of drug-likeness (QED) is 0.925. The molecule has 0 aliphatic carbocycles. The number of hydrogen-bond acceptors (Lipinski definition) is 4. The maximum absolute atomic E-state index is 11.7. The number of carbonyl (C=O) groups excluding carboxylic acids is 1. The van der Waals surface area contributed by atoms with Crippen LogP contribution >= 0.6 is 38.9 Å². The van der Waals surface area contributed by atoms with Crippen molar-refractivity contribution in [1.29, 1.82) is 0 Å². The van der Waals surface area contributed by atoms with Gasteiger partial charge in [-0.1, -0.05) is 22.9 Å². The van der Waals surface area contributed by atoms with E-state index >= 15 is 0 Å². The molecule has 0 bridgehead atoms. The SMILES string of the molecule is O=C(Nc1nncs1)c1ccc(Br)c(Cl)c1. The Morgan fingerprint density at radius 3 is 2.94 bits per heavy atom. The van der Waals surface area contributed by atoms with E-state index in [4.69, 9.17) is 11.6 Å². The van der Waals surface area contributed by atoms with Crippen molar-refractivity contribution >= 4 is 49.9 Å². The summed E-state index contributed by atoms with van der Waals surface area (Å²) in [4.78, 5) is 11.7. The Morgan fingerprint density at radius 2 is 2.31 bits per heavy atom. The normalized spacial score (nSPS) is 10.1. The standard InChI is InChI=1S/C9H5BrClN3OS/c10-6-2-1-5(3-7(6)11)8(15)13-9-14-12-4-16-9/h1-4H,(H,13,14,15). The zero-order chi connectivity index (χ0) is 11.5. The Kier molecular flexibility index (Phi) is 3.52. The van der Waals surface area contributed by atoms with E-state index in [1.165, 1.54) is 11.3 Å². The highest BCUT2D eigenvalue weighted by molar-refractivity contribution is 9.10. The van der Waals surface area contributed by atoms with Gasteiger partial charge in [-0.2, -0.15) is 0 Å². The molecule has 0 fully saturated rings. The average Bonchev–Trinajstić information content (AvgIpc) is 2.74. The van der Waals surface area contributed by atoms with Crippen LogP contribution in [0.2, 0.25) is 5.02 Å². The molecule has 4 nitrogen and oxygen atoms in total. The first-order valence-corrected chi connectivity index (χ1v) is 6.24. The van der Waals surface area contributed by atoms with Gasteiger partial charge in [0.05, 0.1) is 5.02 Å². The molecule has 0 atom stereocenters. The Hall–Kier alpha value is -0.980. The first kappa shape index (κ1) is 11.5. The zero-order valence-electron chi connectivity index (χ0n) is 7.78. The van der Waals surface area contributed by atoms with Crippen LogP contribution < -0.4 is 5.32 Å². The first-order chi connectivity index (χ1) is 7.66. The number of halogens is 2. The van der Waals surface area contributed by atoms with Crippen LogP contribution in [0.5, 0.6) is 0 Å². The maximum Gasteiger partial charge on any atom is 0.257 e. The molecule has 16 heavy (non-hydrogen) atoms. The Balaban J connectivity index is 2.18. The molecule has 1 N–H and O–H groups in total. The van der Waals surface area contributed by atoms with Gasteiger partial charge in [0.1, 0.15) is 5.51 Å². The van der Waals surface area contributed by atoms with Crippen LogP contribution in [0.25, 0.3) is 0 Å². The fourth-order valence-electron chi connectivity index (χ4n) is 1.03. The number of rotatable bonds is 2. The molecular weight excluding hydrogens is 314 g/mol. The van der Waals surface area contributed by atoms with E-state index in [0.717, 1.165) is 4.47 Å². The fraction of sp³-hybridized carbons (Fsp3) is 0. The van der Waals surface area contributed by atoms with Gasteiger partial charge < -0.3 is 0 Å². The lowest BCUT2D eigenvalue weighted by Crippen LogP contribution is -2.11. The van der Waals surface area contributed by atoms with Gasteiger partial charge >= 0.3 is 0 Å². The van der Waals surface area contributed by atoms with Crippen LogP contribution in [-0.4, -0.2) is 16.1 Å². The van der Waals surface area contributed by atoms with Crippen LogP contribution in [0.15, 0.2) is 28.2 Å². The van der Waals surface area contributed by atoms with E-state index in [0.29, 0.717) is 15.7 Å². The molecule has 2 aromatic rings. The van der Waals surface area contributed by atoms with Gasteiger partial charge in [-0.25, -0.2) is 0 Å². The molecule has 0 aliphatic rings. The summed E-state index contributed by atoms with van der Waals surface area (Å²) in [7, 11) is 0. The van der Waals surface area contributed by atoms with Gasteiger partial charge in [-0.3, -0.25) is 10.1 Å². The van der Waals surface area contributed by atoms with Crippen molar-refractivity contribution in [1.82, 2.24) is 10.2 Å². The summed E-state index contributed by atoms with van der Waals surface area (Å²) >= 11 is 10.4. The van der Waals surface area contributed by atoms with Gasteiger partial charge in [-0.05, 0) is 34.1 Å². The van der Waals surface area contributed by atoms with Crippen molar-refractivity contribution in [3.63, 3.8) is 0 Å². The summed E-state index contributed by atoms with van der Waals surface area (Å²) in [5, 5.41) is 10.9. The summed E-state index contributed by atoms with van der Waals surface area (Å²) in [5.74, 6) is -0.258. The van der Waals surface area contributed by atoms with Crippen molar-refractivity contribution in [3.8, 4) is 0 Å². The van der Waals surface area contributed by atoms with Crippen LogP contribution in [-0.2, 0) is 0 Å². The fourth-order valence-corrected chi connectivity index (χ4v) is 1.90. The van der Waals surface area contributed by atoms with Gasteiger partial charge in [0.15, 0.2) is 0 Å². The molecule has 0 saturated heterocycles. The van der Waals surface area contributed by atoms with Crippen molar-refractivity contribution in [2.75, 3.05) is 5.32 Å². The molecule has 0 radical (unpaired) electrons. The second-order valence-electron chi connectivity index (χ2n) is 2.83. The van der Waals surface area contributed by atoms with E-state index in [1.54, 1.807) is 23.7 Å². The Bertz CT molecular complexity index is 517. The lowest BCUT2D eigenvalue weighted by molar-refractivity contribution is 0.102. The highest BCUT2D eigenvalue weighted by atomic mass is 79.9. The minimum absolute atomic E-state index is 0.258. The van der Waals surface area contributed by atoms with E-state index in [2.05, 4.69) is 31.4 Å². The van der Waals surface area contributed by atoms with E-state index < -0.39 is 0 Å². The summed E-state index contributed by atoms with van der Waals surface area (Å²) in [6, 6.07) is 4.98. The zero-order valence-corrected chi connectivity index (χ0v) is 10.9. The number of benzene rings is 1. The summed E-state index contributed by atoms with van der Waals surface area (Å²) in [5.41, 5.74) is 2.02. The lowest BCUT2D eigenvalue weighted by atomic mass is 10.2. The van der Waals surface area contributed by atoms with Crippen LogP contribution in [0.1, 0.15) is 10.4 Å². The smallest absolute Gasteiger partial charge is 0.257 e. The number of anilines is 1. The molecule has 0 unspecified atom stereocenters. The minimum atomic E-state index is -0.258. The number of carbonyl (C=O) groups is 1. The first-order valence-electron chi connectivity index (χ1n) is 4.19. The minimum Gasteiger partial charge on any atom is -0.296 e. The van der Waals surface area contributed by atoms with Crippen molar-refractivity contribution in [2.45, 2.75) is 0 Å². The summed E-state index contributed by atoms with van der Waals surface area (Å²) < 4.78 is 0.752. The predicted molar refractivity (Wildman–Crippen MR) is 67.0 cm³/mol. The molecule has 2 rings (SSSR count). The molecule has 1 amide bonds. The molecule has 0 aliphatic heterocycles. The highest BCUT2D eigenvalue weighted by Crippen LogP contribution is 2.23. The molecule has 7 heteroatoms. The molecule has 1 aromatic heterocycles. The van der Waals surface area contributed by atoms with Gasteiger partial charge in [0, 0.05) is 10.0 Å². The van der Waals surface area contributed by atoms with Gasteiger partial charge in [0.25, 0.3) is 5.91 Å². The van der Waals surface area contributed by atoms with E-state index in [-0.39, 0.29) is 5.91 Å². The van der Waals surface area contributed by atoms with Crippen LogP contribution in [0, 0.1) is 0 Å². The van der Waals surface area contributed by atoms with E-state index in [9.17, 15) is 4.79 Å². The van der Waals surface area contributed by atoms with Crippen molar-refractivity contribution < 1.29 is 4.79 Å². The number of aromatic nitrogens is 2. The Morgan fingerprint density at radius 1 is 1.50 bits per heavy atom. The van der Waals surface area contributed by atoms with Crippen LogP contribution in [0.3, 0.4) is 0 Å². The number of nitrogens with one attached hydrogen (secondary N) is 1. The van der Waals surface area contributed by atoms with Crippen molar-refractivity contribution in [3.05, 3.63) is 38.8 Å². The molecule has 0 spiro atoms. The largest absolute Gasteiger partial charge is 0.296 e. The maximum atomic E-state index is 11.7. The molecular formula is C9H5BrClN3OS. The van der Waals surface area contributed by atoms with Crippen molar-refractivity contribution in [2.24, 2.45) is 0 Å².